The zero-order chi connectivity index (χ0) is 18.5. The number of rotatable bonds is 5. The predicted octanol–water partition coefficient (Wildman–Crippen LogP) is 3.18. The summed E-state index contributed by atoms with van der Waals surface area (Å²) >= 11 is 5.22. The third kappa shape index (κ3) is 5.38. The molecule has 27 heavy (non-hydrogen) atoms. The van der Waals surface area contributed by atoms with Crippen molar-refractivity contribution in [2.24, 2.45) is 10.7 Å². The van der Waals surface area contributed by atoms with Crippen molar-refractivity contribution in [3.8, 4) is 11.5 Å². The molecule has 2 N–H and O–H groups in total. The van der Waals surface area contributed by atoms with Gasteiger partial charge in [0.25, 0.3) is 0 Å². The van der Waals surface area contributed by atoms with Crippen molar-refractivity contribution in [1.82, 2.24) is 9.88 Å². The average molecular weight is 568 g/mol. The van der Waals surface area contributed by atoms with Crippen LogP contribution in [-0.2, 0) is 6.54 Å². The number of thiazole rings is 1. The number of anilines is 1. The standard InChI is InChI=1S/C17H22BrN5O2S.HI/c1-24-14-9-12(13(18)10-15(14)25-2)11-21-16(19)22-4-6-23(7-5-22)17-20-3-8-26-17;/h3,8-10H,4-7,11H2,1-2H3,(H2,19,21);1H. The van der Waals surface area contributed by atoms with E-state index in [0.717, 1.165) is 41.3 Å². The number of benzene rings is 1. The number of guanidine groups is 1. The first-order chi connectivity index (χ1) is 12.6. The van der Waals surface area contributed by atoms with Crippen LogP contribution in [0.4, 0.5) is 5.13 Å². The lowest BCUT2D eigenvalue weighted by molar-refractivity contribution is 0.354. The summed E-state index contributed by atoms with van der Waals surface area (Å²) in [7, 11) is 3.24. The van der Waals surface area contributed by atoms with Crippen LogP contribution in [0, 0.1) is 0 Å². The molecule has 0 aliphatic carbocycles. The first kappa shape index (κ1) is 22.0. The quantitative estimate of drug-likeness (QED) is 0.340. The van der Waals surface area contributed by atoms with Gasteiger partial charge in [-0.1, -0.05) is 15.9 Å². The number of methoxy groups -OCH3 is 2. The predicted molar refractivity (Wildman–Crippen MR) is 124 cm³/mol. The minimum absolute atomic E-state index is 0. The van der Waals surface area contributed by atoms with E-state index in [2.05, 4.69) is 35.7 Å². The molecule has 1 aliphatic rings. The maximum absolute atomic E-state index is 6.21. The Hall–Kier alpha value is -1.27. The number of nitrogens with two attached hydrogens (primary N) is 1. The summed E-state index contributed by atoms with van der Waals surface area (Å²) in [6, 6.07) is 3.80. The van der Waals surface area contributed by atoms with Crippen LogP contribution in [0.2, 0.25) is 0 Å². The van der Waals surface area contributed by atoms with Crippen LogP contribution in [-0.4, -0.2) is 56.2 Å². The van der Waals surface area contributed by atoms with Gasteiger partial charge in [-0.15, -0.1) is 35.3 Å². The Labute approximate surface area is 188 Å². The van der Waals surface area contributed by atoms with E-state index in [1.807, 2.05) is 23.7 Å². The number of aliphatic imine (C=N–C) groups is 1. The molecule has 0 amide bonds. The zero-order valence-corrected chi connectivity index (χ0v) is 20.0. The minimum Gasteiger partial charge on any atom is -0.493 e. The molecule has 0 atom stereocenters. The lowest BCUT2D eigenvalue weighted by Crippen LogP contribution is -2.51. The highest BCUT2D eigenvalue weighted by Crippen LogP contribution is 2.33. The summed E-state index contributed by atoms with van der Waals surface area (Å²) in [6.07, 6.45) is 1.84. The van der Waals surface area contributed by atoms with Gasteiger partial charge in [-0.2, -0.15) is 0 Å². The Morgan fingerprint density at radius 3 is 2.48 bits per heavy atom. The molecule has 1 saturated heterocycles. The van der Waals surface area contributed by atoms with Gasteiger partial charge in [0.2, 0.25) is 0 Å². The third-order valence-electron chi connectivity index (χ3n) is 4.26. The largest absolute Gasteiger partial charge is 0.493 e. The Morgan fingerprint density at radius 1 is 1.22 bits per heavy atom. The number of hydrogen-bond acceptors (Lipinski definition) is 6. The van der Waals surface area contributed by atoms with Gasteiger partial charge in [-0.25, -0.2) is 9.98 Å². The zero-order valence-electron chi connectivity index (χ0n) is 15.2. The van der Waals surface area contributed by atoms with Gasteiger partial charge in [-0.3, -0.25) is 0 Å². The van der Waals surface area contributed by atoms with E-state index in [9.17, 15) is 0 Å². The molecule has 2 aromatic rings. The molecule has 7 nitrogen and oxygen atoms in total. The van der Waals surface area contributed by atoms with Crippen molar-refractivity contribution >= 4 is 62.3 Å². The number of nitrogens with zero attached hydrogens (tertiary/aromatic N) is 4. The van der Waals surface area contributed by atoms with Gasteiger partial charge in [0.15, 0.2) is 22.6 Å². The number of halogens is 2. The van der Waals surface area contributed by atoms with E-state index in [1.54, 1.807) is 25.6 Å². The molecule has 0 radical (unpaired) electrons. The highest BCUT2D eigenvalue weighted by Gasteiger charge is 2.20. The summed E-state index contributed by atoms with van der Waals surface area (Å²) < 4.78 is 11.6. The first-order valence-corrected chi connectivity index (χ1v) is 9.89. The van der Waals surface area contributed by atoms with E-state index in [4.69, 9.17) is 15.2 Å². The summed E-state index contributed by atoms with van der Waals surface area (Å²) in [5.74, 6) is 1.92. The number of piperazine rings is 1. The van der Waals surface area contributed by atoms with Crippen LogP contribution in [0.5, 0.6) is 11.5 Å². The number of hydrogen-bond donors (Lipinski definition) is 1. The molecule has 148 valence electrons. The van der Waals surface area contributed by atoms with Gasteiger partial charge >= 0.3 is 0 Å². The average Bonchev–Trinajstić information content (AvgIpc) is 3.21. The molecule has 1 aliphatic heterocycles. The SMILES string of the molecule is COc1cc(Br)c(CN=C(N)N2CCN(c3nccs3)CC2)cc1OC.I. The monoisotopic (exact) mass is 567 g/mol. The normalized spacial score (nSPS) is 14.7. The van der Waals surface area contributed by atoms with Crippen molar-refractivity contribution in [2.45, 2.75) is 6.54 Å². The Bertz CT molecular complexity index is 767. The van der Waals surface area contributed by atoms with Crippen molar-refractivity contribution in [3.05, 3.63) is 33.7 Å². The second kappa shape index (κ2) is 10.3. The van der Waals surface area contributed by atoms with Gasteiger partial charge in [0.1, 0.15) is 0 Å². The fourth-order valence-electron chi connectivity index (χ4n) is 2.78. The summed E-state index contributed by atoms with van der Waals surface area (Å²) in [6.45, 7) is 3.93. The molecule has 0 spiro atoms. The minimum atomic E-state index is 0. The topological polar surface area (TPSA) is 76.2 Å². The molecule has 0 unspecified atom stereocenters. The second-order valence-corrected chi connectivity index (χ2v) is 7.49. The Morgan fingerprint density at radius 2 is 1.89 bits per heavy atom. The first-order valence-electron chi connectivity index (χ1n) is 8.22. The van der Waals surface area contributed by atoms with Crippen LogP contribution < -0.4 is 20.1 Å². The lowest BCUT2D eigenvalue weighted by Gasteiger charge is -2.35. The fourth-order valence-corrected chi connectivity index (χ4v) is 3.93. The van der Waals surface area contributed by atoms with Gasteiger partial charge < -0.3 is 25.0 Å². The maximum atomic E-state index is 6.21. The molecular formula is C17H23BrIN5O2S. The van der Waals surface area contributed by atoms with Gasteiger partial charge in [0, 0.05) is 42.2 Å². The van der Waals surface area contributed by atoms with Crippen LogP contribution >= 0.6 is 51.2 Å². The summed E-state index contributed by atoms with van der Waals surface area (Å²) in [5, 5.41) is 3.06. The van der Waals surface area contributed by atoms with Crippen LogP contribution in [0.15, 0.2) is 33.2 Å². The molecular weight excluding hydrogens is 545 g/mol. The van der Waals surface area contributed by atoms with E-state index >= 15 is 0 Å². The third-order valence-corrected chi connectivity index (χ3v) is 5.83. The summed E-state index contributed by atoms with van der Waals surface area (Å²) in [4.78, 5) is 13.3. The molecule has 1 aromatic carbocycles. The highest BCUT2D eigenvalue weighted by atomic mass is 127. The number of aromatic nitrogens is 1. The Balaban J connectivity index is 0.00000261. The highest BCUT2D eigenvalue weighted by molar-refractivity contribution is 14.0. The van der Waals surface area contributed by atoms with E-state index < -0.39 is 0 Å². The van der Waals surface area contributed by atoms with Crippen LogP contribution in [0.25, 0.3) is 0 Å². The summed E-state index contributed by atoms with van der Waals surface area (Å²) in [5.41, 5.74) is 7.20. The van der Waals surface area contributed by atoms with E-state index in [0.29, 0.717) is 24.0 Å². The van der Waals surface area contributed by atoms with Gasteiger partial charge in [-0.05, 0) is 17.7 Å². The second-order valence-electron chi connectivity index (χ2n) is 5.76. The molecule has 10 heteroatoms. The molecule has 0 saturated carbocycles. The maximum Gasteiger partial charge on any atom is 0.191 e. The van der Waals surface area contributed by atoms with Crippen molar-refractivity contribution in [2.75, 3.05) is 45.3 Å². The smallest absolute Gasteiger partial charge is 0.191 e. The molecule has 2 heterocycles. The number of ether oxygens (including phenoxy) is 2. The fraction of sp³-hybridized carbons (Fsp3) is 0.412. The molecule has 1 fully saturated rings. The van der Waals surface area contributed by atoms with Gasteiger partial charge in [0.05, 0.1) is 20.8 Å². The van der Waals surface area contributed by atoms with Crippen molar-refractivity contribution in [3.63, 3.8) is 0 Å². The molecule has 0 bridgehead atoms. The molecule has 3 rings (SSSR count). The van der Waals surface area contributed by atoms with E-state index in [1.165, 1.54) is 0 Å². The van der Waals surface area contributed by atoms with Crippen molar-refractivity contribution < 1.29 is 9.47 Å². The van der Waals surface area contributed by atoms with E-state index in [-0.39, 0.29) is 24.0 Å². The van der Waals surface area contributed by atoms with Crippen LogP contribution in [0.3, 0.4) is 0 Å². The Kier molecular flexibility index (Phi) is 8.42. The van der Waals surface area contributed by atoms with Crippen molar-refractivity contribution in [1.29, 1.82) is 0 Å². The lowest BCUT2D eigenvalue weighted by atomic mass is 10.2. The van der Waals surface area contributed by atoms with Crippen LogP contribution in [0.1, 0.15) is 5.56 Å². The molecule has 1 aromatic heterocycles.